The third-order valence-corrected chi connectivity index (χ3v) is 4.56. The first-order valence-electron chi connectivity index (χ1n) is 8.52. The molecular weight excluding hydrogens is 371 g/mol. The maximum Gasteiger partial charge on any atom is 0.262 e. The molecule has 5 nitrogen and oxygen atoms in total. The highest BCUT2D eigenvalue weighted by molar-refractivity contribution is 6.30. The largest absolute Gasteiger partial charge is 0.322 e. The number of hydrogen-bond donors (Lipinski definition) is 1. The predicted molar refractivity (Wildman–Crippen MR) is 100 cm³/mol. The van der Waals surface area contributed by atoms with E-state index in [2.05, 4.69) is 5.32 Å². The van der Waals surface area contributed by atoms with Crippen molar-refractivity contribution in [2.45, 2.75) is 26.3 Å². The Morgan fingerprint density at radius 1 is 1.11 bits per heavy atom. The standard InChI is InChI=1S/C20H18ClFN2O3/c1-11(2)9-17(18(25)23-16-8-7-12(21)10-15(16)22)24-19(26)13-5-3-4-6-14(13)20(24)27/h3-8,10-11,17H,9H2,1-2H3,(H,23,25)/t17-/m1/s1. The van der Waals surface area contributed by atoms with Crippen LogP contribution in [0.5, 0.6) is 0 Å². The van der Waals surface area contributed by atoms with Crippen molar-refractivity contribution in [3.8, 4) is 0 Å². The van der Waals surface area contributed by atoms with Crippen molar-refractivity contribution in [1.29, 1.82) is 0 Å². The molecule has 1 N–H and O–H groups in total. The van der Waals surface area contributed by atoms with Gasteiger partial charge in [-0.15, -0.1) is 0 Å². The number of carbonyl (C=O) groups is 3. The fraction of sp³-hybridized carbons (Fsp3) is 0.250. The molecule has 3 rings (SSSR count). The van der Waals surface area contributed by atoms with Crippen LogP contribution in [0.2, 0.25) is 5.02 Å². The molecule has 0 aliphatic carbocycles. The van der Waals surface area contributed by atoms with Crippen LogP contribution in [0.4, 0.5) is 10.1 Å². The number of anilines is 1. The Labute approximate surface area is 161 Å². The van der Waals surface area contributed by atoms with Crippen molar-refractivity contribution in [3.05, 3.63) is 64.4 Å². The number of carbonyl (C=O) groups excluding carboxylic acids is 3. The molecule has 1 atom stereocenters. The number of halogens is 2. The number of amides is 3. The van der Waals surface area contributed by atoms with E-state index in [0.29, 0.717) is 0 Å². The first kappa shape index (κ1) is 19.0. The Bertz CT molecular complexity index is 894. The second-order valence-electron chi connectivity index (χ2n) is 6.78. The summed E-state index contributed by atoms with van der Waals surface area (Å²) < 4.78 is 14.0. The highest BCUT2D eigenvalue weighted by Gasteiger charge is 2.42. The molecular formula is C20H18ClFN2O3. The molecule has 7 heteroatoms. The third-order valence-electron chi connectivity index (χ3n) is 4.32. The molecule has 0 radical (unpaired) electrons. The molecule has 0 saturated carbocycles. The average Bonchev–Trinajstić information content (AvgIpc) is 2.86. The van der Waals surface area contributed by atoms with Gasteiger partial charge in [-0.1, -0.05) is 37.6 Å². The molecule has 2 aromatic rings. The van der Waals surface area contributed by atoms with Crippen molar-refractivity contribution in [2.75, 3.05) is 5.32 Å². The summed E-state index contributed by atoms with van der Waals surface area (Å²) in [5, 5.41) is 2.67. The van der Waals surface area contributed by atoms with Crippen molar-refractivity contribution in [3.63, 3.8) is 0 Å². The van der Waals surface area contributed by atoms with E-state index in [4.69, 9.17) is 11.6 Å². The van der Waals surface area contributed by atoms with E-state index in [1.165, 1.54) is 12.1 Å². The number of fused-ring (bicyclic) bond motifs is 1. The molecule has 140 valence electrons. The minimum Gasteiger partial charge on any atom is -0.322 e. The van der Waals surface area contributed by atoms with Crippen LogP contribution in [0.1, 0.15) is 41.0 Å². The Morgan fingerprint density at radius 2 is 1.70 bits per heavy atom. The van der Waals surface area contributed by atoms with Crippen molar-refractivity contribution < 1.29 is 18.8 Å². The summed E-state index contributed by atoms with van der Waals surface area (Å²) in [6, 6.07) is 9.24. The summed E-state index contributed by atoms with van der Waals surface area (Å²) in [6.45, 7) is 3.75. The molecule has 27 heavy (non-hydrogen) atoms. The maximum absolute atomic E-state index is 14.0. The van der Waals surface area contributed by atoms with E-state index in [0.717, 1.165) is 11.0 Å². The molecule has 1 heterocycles. The van der Waals surface area contributed by atoms with Gasteiger partial charge in [-0.2, -0.15) is 0 Å². The van der Waals surface area contributed by atoms with E-state index in [9.17, 15) is 18.8 Å². The van der Waals surface area contributed by atoms with Crippen LogP contribution in [0.25, 0.3) is 0 Å². The summed E-state index contributed by atoms with van der Waals surface area (Å²) in [5.74, 6) is -2.33. The minimum atomic E-state index is -1.05. The minimum absolute atomic E-state index is 0.0279. The first-order chi connectivity index (χ1) is 12.8. The third kappa shape index (κ3) is 3.71. The van der Waals surface area contributed by atoms with Gasteiger partial charge in [-0.3, -0.25) is 19.3 Å². The van der Waals surface area contributed by atoms with Crippen LogP contribution < -0.4 is 5.32 Å². The molecule has 0 aromatic heterocycles. The molecule has 2 aromatic carbocycles. The summed E-state index contributed by atoms with van der Waals surface area (Å²) >= 11 is 5.73. The van der Waals surface area contributed by atoms with Gasteiger partial charge in [-0.25, -0.2) is 4.39 Å². The number of nitrogens with one attached hydrogen (secondary N) is 1. The summed E-state index contributed by atoms with van der Waals surface area (Å²) in [4.78, 5) is 39.3. The number of benzene rings is 2. The molecule has 0 saturated heterocycles. The zero-order valence-electron chi connectivity index (χ0n) is 14.8. The molecule has 0 unspecified atom stereocenters. The van der Waals surface area contributed by atoms with Gasteiger partial charge in [0.05, 0.1) is 16.8 Å². The lowest BCUT2D eigenvalue weighted by Crippen LogP contribution is -2.48. The predicted octanol–water partition coefficient (Wildman–Crippen LogP) is 4.13. The van der Waals surface area contributed by atoms with E-state index in [1.54, 1.807) is 24.3 Å². The van der Waals surface area contributed by atoms with E-state index in [-0.39, 0.29) is 34.2 Å². The van der Waals surface area contributed by atoms with Gasteiger partial charge in [0.15, 0.2) is 0 Å². The van der Waals surface area contributed by atoms with E-state index >= 15 is 0 Å². The van der Waals surface area contributed by atoms with Gasteiger partial charge in [0, 0.05) is 5.02 Å². The highest BCUT2D eigenvalue weighted by Crippen LogP contribution is 2.28. The van der Waals surface area contributed by atoms with Crippen molar-refractivity contribution in [2.24, 2.45) is 5.92 Å². The molecule has 0 bridgehead atoms. The average molecular weight is 389 g/mol. The van der Waals surface area contributed by atoms with Gasteiger partial charge >= 0.3 is 0 Å². The molecule has 1 aliphatic rings. The Kier molecular flexibility index (Phi) is 5.28. The summed E-state index contributed by atoms with van der Waals surface area (Å²) in [7, 11) is 0. The van der Waals surface area contributed by atoms with Crippen LogP contribution >= 0.6 is 11.6 Å². The van der Waals surface area contributed by atoms with Crippen LogP contribution in [0.15, 0.2) is 42.5 Å². The van der Waals surface area contributed by atoms with Gasteiger partial charge in [-0.05, 0) is 42.7 Å². The number of hydrogen-bond acceptors (Lipinski definition) is 3. The normalized spacial score (nSPS) is 14.5. The van der Waals surface area contributed by atoms with Crippen molar-refractivity contribution >= 4 is 35.0 Å². The highest BCUT2D eigenvalue weighted by atomic mass is 35.5. The van der Waals surface area contributed by atoms with E-state index < -0.39 is 29.6 Å². The Morgan fingerprint density at radius 3 is 2.22 bits per heavy atom. The zero-order valence-corrected chi connectivity index (χ0v) is 15.6. The monoisotopic (exact) mass is 388 g/mol. The van der Waals surface area contributed by atoms with Gasteiger partial charge in [0.2, 0.25) is 5.91 Å². The number of rotatable bonds is 5. The van der Waals surface area contributed by atoms with Gasteiger partial charge in [0.1, 0.15) is 11.9 Å². The van der Waals surface area contributed by atoms with Gasteiger partial charge < -0.3 is 5.32 Å². The van der Waals surface area contributed by atoms with Crippen LogP contribution in [-0.4, -0.2) is 28.7 Å². The smallest absolute Gasteiger partial charge is 0.262 e. The number of imide groups is 1. The Hall–Kier alpha value is -2.73. The van der Waals surface area contributed by atoms with Gasteiger partial charge in [0.25, 0.3) is 11.8 Å². The topological polar surface area (TPSA) is 66.5 Å². The fourth-order valence-electron chi connectivity index (χ4n) is 3.07. The van der Waals surface area contributed by atoms with Crippen LogP contribution in [0, 0.1) is 11.7 Å². The maximum atomic E-state index is 14.0. The van der Waals surface area contributed by atoms with Crippen LogP contribution in [-0.2, 0) is 4.79 Å². The zero-order chi connectivity index (χ0) is 19.7. The lowest BCUT2D eigenvalue weighted by molar-refractivity contribution is -0.120. The molecule has 0 spiro atoms. The molecule has 1 aliphatic heterocycles. The second kappa shape index (κ2) is 7.48. The molecule has 3 amide bonds. The summed E-state index contributed by atoms with van der Waals surface area (Å²) in [5.41, 5.74) is 0.471. The van der Waals surface area contributed by atoms with Crippen LogP contribution in [0.3, 0.4) is 0 Å². The lowest BCUT2D eigenvalue weighted by atomic mass is 10.0. The first-order valence-corrected chi connectivity index (χ1v) is 8.90. The Balaban J connectivity index is 1.91. The molecule has 0 fully saturated rings. The fourth-order valence-corrected chi connectivity index (χ4v) is 3.23. The summed E-state index contributed by atoms with van der Waals surface area (Å²) in [6.07, 6.45) is 0.256. The SMILES string of the molecule is CC(C)C[C@H](C(=O)Nc1ccc(Cl)cc1F)N1C(=O)c2ccccc2C1=O. The second-order valence-corrected chi connectivity index (χ2v) is 7.22. The quantitative estimate of drug-likeness (QED) is 0.783. The lowest BCUT2D eigenvalue weighted by Gasteiger charge is -2.26. The van der Waals surface area contributed by atoms with Crippen molar-refractivity contribution in [1.82, 2.24) is 4.90 Å². The van der Waals surface area contributed by atoms with E-state index in [1.807, 2.05) is 13.8 Å². The number of nitrogens with zero attached hydrogens (tertiary/aromatic N) is 1.